The molecule has 2 rings (SSSR count). The first-order valence-electron chi connectivity index (χ1n) is 7.03. The topological polar surface area (TPSA) is 29.3 Å². The predicted octanol–water partition coefficient (Wildman–Crippen LogP) is 3.09. The van der Waals surface area contributed by atoms with Crippen LogP contribution in [0.15, 0.2) is 18.2 Å². The number of benzene rings is 1. The summed E-state index contributed by atoms with van der Waals surface area (Å²) in [6.07, 6.45) is 3.87. The molecular weight excluding hydrogens is 246 g/mol. The lowest BCUT2D eigenvalue weighted by atomic mass is 9.85. The van der Waals surface area contributed by atoms with Gasteiger partial charge in [0.15, 0.2) is 0 Å². The van der Waals surface area contributed by atoms with Gasteiger partial charge in [-0.2, -0.15) is 0 Å². The van der Waals surface area contributed by atoms with Gasteiger partial charge in [0.05, 0.1) is 0 Å². The highest BCUT2D eigenvalue weighted by Crippen LogP contribution is 2.27. The molecule has 1 aromatic carbocycles. The summed E-state index contributed by atoms with van der Waals surface area (Å²) >= 11 is 0. The first-order valence-corrected chi connectivity index (χ1v) is 7.03. The van der Waals surface area contributed by atoms with Gasteiger partial charge in [-0.3, -0.25) is 0 Å². The Morgan fingerprint density at radius 1 is 1.37 bits per heavy atom. The molecule has 4 heteroatoms. The molecular formula is C15H22F2N2. The number of hydrogen-bond acceptors (Lipinski definition) is 2. The molecule has 1 saturated carbocycles. The van der Waals surface area contributed by atoms with E-state index in [2.05, 4.69) is 11.8 Å². The second-order valence-corrected chi connectivity index (χ2v) is 5.42. The van der Waals surface area contributed by atoms with E-state index in [-0.39, 0.29) is 5.56 Å². The van der Waals surface area contributed by atoms with Crippen LogP contribution in [0, 0.1) is 17.6 Å². The summed E-state index contributed by atoms with van der Waals surface area (Å²) in [5.74, 6) is -0.105. The molecule has 0 aliphatic heterocycles. The van der Waals surface area contributed by atoms with E-state index in [1.807, 2.05) is 0 Å². The van der Waals surface area contributed by atoms with Crippen LogP contribution in [0.3, 0.4) is 0 Å². The first kappa shape index (κ1) is 14.4. The normalized spacial score (nSPS) is 17.5. The molecule has 2 N–H and O–H groups in total. The smallest absolute Gasteiger partial charge is 0.128 e. The molecule has 19 heavy (non-hydrogen) atoms. The molecule has 0 bridgehead atoms. The number of hydrogen-bond donors (Lipinski definition) is 1. The van der Waals surface area contributed by atoms with E-state index < -0.39 is 17.7 Å². The van der Waals surface area contributed by atoms with Gasteiger partial charge >= 0.3 is 0 Å². The Labute approximate surface area is 113 Å². The molecule has 2 nitrogen and oxygen atoms in total. The van der Waals surface area contributed by atoms with Gasteiger partial charge in [-0.15, -0.1) is 0 Å². The minimum atomic E-state index is -0.476. The third kappa shape index (κ3) is 3.74. The number of halogens is 2. The fourth-order valence-electron chi connectivity index (χ4n) is 2.55. The Hall–Kier alpha value is -1.00. The van der Waals surface area contributed by atoms with Crippen molar-refractivity contribution in [1.29, 1.82) is 0 Å². The minimum absolute atomic E-state index is 0.270. The van der Waals surface area contributed by atoms with Crippen molar-refractivity contribution < 1.29 is 8.78 Å². The summed E-state index contributed by atoms with van der Waals surface area (Å²) in [5, 5.41) is 0. The number of rotatable bonds is 6. The standard InChI is InChI=1S/C15H22F2N2/c1-2-19(9-11-4-3-5-11)10-15(18)13-8-12(16)6-7-14(13)17/h6-8,11,15H,2-5,9-10,18H2,1H3. The van der Waals surface area contributed by atoms with Gasteiger partial charge in [-0.1, -0.05) is 13.3 Å². The zero-order chi connectivity index (χ0) is 13.8. The molecule has 1 unspecified atom stereocenters. The van der Waals surface area contributed by atoms with E-state index in [4.69, 9.17) is 5.73 Å². The molecule has 0 heterocycles. The molecule has 1 aliphatic carbocycles. The molecule has 106 valence electrons. The third-order valence-electron chi connectivity index (χ3n) is 4.00. The van der Waals surface area contributed by atoms with Crippen LogP contribution in [0.25, 0.3) is 0 Å². The van der Waals surface area contributed by atoms with Gasteiger partial charge in [-0.05, 0) is 43.5 Å². The highest BCUT2D eigenvalue weighted by molar-refractivity contribution is 5.22. The van der Waals surface area contributed by atoms with Gasteiger partial charge in [0.2, 0.25) is 0 Å². The SMILES string of the molecule is CCN(CC1CCC1)CC(N)c1cc(F)ccc1F. The van der Waals surface area contributed by atoms with Crippen molar-refractivity contribution in [3.05, 3.63) is 35.4 Å². The lowest BCUT2D eigenvalue weighted by molar-refractivity contribution is 0.176. The highest BCUT2D eigenvalue weighted by atomic mass is 19.1. The molecule has 0 saturated heterocycles. The molecule has 0 spiro atoms. The Balaban J connectivity index is 1.97. The number of likely N-dealkylation sites (N-methyl/N-ethyl adjacent to an activating group) is 1. The van der Waals surface area contributed by atoms with Crippen LogP contribution in [0.2, 0.25) is 0 Å². The minimum Gasteiger partial charge on any atom is -0.323 e. The maximum atomic E-state index is 13.6. The quantitative estimate of drug-likeness (QED) is 0.859. The monoisotopic (exact) mass is 268 g/mol. The van der Waals surface area contributed by atoms with Gasteiger partial charge in [-0.25, -0.2) is 8.78 Å². The van der Waals surface area contributed by atoms with E-state index in [1.165, 1.54) is 25.3 Å². The summed E-state index contributed by atoms with van der Waals surface area (Å²) in [6, 6.07) is 3.00. The molecule has 0 aromatic heterocycles. The summed E-state index contributed by atoms with van der Waals surface area (Å²) in [6.45, 7) is 4.56. The molecule has 1 aliphatic rings. The van der Waals surface area contributed by atoms with Crippen LogP contribution >= 0.6 is 0 Å². The maximum absolute atomic E-state index is 13.6. The lowest BCUT2D eigenvalue weighted by Crippen LogP contribution is -2.37. The van der Waals surface area contributed by atoms with Crippen molar-refractivity contribution in [2.45, 2.75) is 32.2 Å². The third-order valence-corrected chi connectivity index (χ3v) is 4.00. The van der Waals surface area contributed by atoms with Crippen LogP contribution in [0.5, 0.6) is 0 Å². The maximum Gasteiger partial charge on any atom is 0.128 e. The van der Waals surface area contributed by atoms with Crippen molar-refractivity contribution >= 4 is 0 Å². The second-order valence-electron chi connectivity index (χ2n) is 5.42. The molecule has 1 atom stereocenters. The summed E-state index contributed by atoms with van der Waals surface area (Å²) in [5.41, 5.74) is 6.30. The predicted molar refractivity (Wildman–Crippen MR) is 72.7 cm³/mol. The lowest BCUT2D eigenvalue weighted by Gasteiger charge is -2.33. The fourth-order valence-corrected chi connectivity index (χ4v) is 2.55. The van der Waals surface area contributed by atoms with Crippen LogP contribution in [-0.2, 0) is 0 Å². The van der Waals surface area contributed by atoms with E-state index in [9.17, 15) is 8.78 Å². The highest BCUT2D eigenvalue weighted by Gasteiger charge is 2.22. The van der Waals surface area contributed by atoms with Crippen LogP contribution in [0.1, 0.15) is 37.8 Å². The zero-order valence-corrected chi connectivity index (χ0v) is 11.4. The Morgan fingerprint density at radius 3 is 2.68 bits per heavy atom. The van der Waals surface area contributed by atoms with E-state index >= 15 is 0 Å². The van der Waals surface area contributed by atoms with Crippen molar-refractivity contribution in [2.75, 3.05) is 19.6 Å². The summed E-state index contributed by atoms with van der Waals surface area (Å²) < 4.78 is 26.8. The fraction of sp³-hybridized carbons (Fsp3) is 0.600. The Bertz CT molecular complexity index is 419. The average Bonchev–Trinajstić information content (AvgIpc) is 2.34. The van der Waals surface area contributed by atoms with Crippen LogP contribution in [-0.4, -0.2) is 24.5 Å². The molecule has 1 fully saturated rings. The Morgan fingerprint density at radius 2 is 2.11 bits per heavy atom. The second kappa shape index (κ2) is 6.44. The van der Waals surface area contributed by atoms with Crippen molar-refractivity contribution in [2.24, 2.45) is 11.7 Å². The summed E-state index contributed by atoms with van der Waals surface area (Å²) in [7, 11) is 0. The molecule has 0 amide bonds. The number of nitrogens with two attached hydrogens (primary N) is 1. The molecule has 1 aromatic rings. The zero-order valence-electron chi connectivity index (χ0n) is 11.4. The molecule has 0 radical (unpaired) electrons. The van der Waals surface area contributed by atoms with Gasteiger partial charge in [0, 0.05) is 24.7 Å². The Kier molecular flexibility index (Phi) is 4.88. The van der Waals surface area contributed by atoms with Crippen molar-refractivity contribution in [1.82, 2.24) is 4.90 Å². The van der Waals surface area contributed by atoms with Crippen LogP contribution < -0.4 is 5.73 Å². The van der Waals surface area contributed by atoms with Gasteiger partial charge < -0.3 is 10.6 Å². The van der Waals surface area contributed by atoms with Gasteiger partial charge in [0.1, 0.15) is 11.6 Å². The largest absolute Gasteiger partial charge is 0.323 e. The number of nitrogens with zero attached hydrogens (tertiary/aromatic N) is 1. The van der Waals surface area contributed by atoms with E-state index in [0.717, 1.165) is 31.1 Å². The van der Waals surface area contributed by atoms with E-state index in [0.29, 0.717) is 6.54 Å². The van der Waals surface area contributed by atoms with E-state index in [1.54, 1.807) is 0 Å². The average molecular weight is 268 g/mol. The van der Waals surface area contributed by atoms with Gasteiger partial charge in [0.25, 0.3) is 0 Å². The first-order chi connectivity index (χ1) is 9.10. The van der Waals surface area contributed by atoms with Crippen molar-refractivity contribution in [3.8, 4) is 0 Å². The van der Waals surface area contributed by atoms with Crippen LogP contribution in [0.4, 0.5) is 8.78 Å². The van der Waals surface area contributed by atoms with Crippen molar-refractivity contribution in [3.63, 3.8) is 0 Å². The summed E-state index contributed by atoms with van der Waals surface area (Å²) in [4.78, 5) is 2.23.